The monoisotopic (exact) mass is 520 g/mol. The van der Waals surface area contributed by atoms with E-state index in [1.54, 1.807) is 49.4 Å². The lowest BCUT2D eigenvalue weighted by molar-refractivity contribution is -0.118. The molecule has 1 amide bonds. The summed E-state index contributed by atoms with van der Waals surface area (Å²) in [4.78, 5) is 12.7. The number of ether oxygens (including phenoxy) is 2. The number of hydrogen-bond acceptors (Lipinski definition) is 6. The van der Waals surface area contributed by atoms with Crippen LogP contribution >= 0.6 is 0 Å². The summed E-state index contributed by atoms with van der Waals surface area (Å²) >= 11 is 0. The molecule has 1 aliphatic carbocycles. The number of carbonyl (C=O) groups excluding carboxylic acids is 1. The zero-order chi connectivity index (χ0) is 26.0. The van der Waals surface area contributed by atoms with Gasteiger partial charge in [0.1, 0.15) is 22.8 Å². The van der Waals surface area contributed by atoms with Crippen molar-refractivity contribution < 1.29 is 27.1 Å². The Balaban J connectivity index is 1.27. The number of para-hydroxylation sites is 2. The first-order valence-corrected chi connectivity index (χ1v) is 13.6. The molecule has 1 aromatic heterocycles. The number of aryl methyl sites for hydroxylation is 3. The number of furan rings is 1. The number of anilines is 2. The molecule has 0 atom stereocenters. The van der Waals surface area contributed by atoms with E-state index in [0.717, 1.165) is 42.4 Å². The lowest BCUT2D eigenvalue weighted by Crippen LogP contribution is -2.21. The molecule has 0 aliphatic heterocycles. The maximum atomic E-state index is 13.1. The second kappa shape index (κ2) is 10.2. The van der Waals surface area contributed by atoms with Crippen LogP contribution in [-0.4, -0.2) is 28.0 Å². The lowest BCUT2D eigenvalue weighted by Gasteiger charge is -2.14. The summed E-state index contributed by atoms with van der Waals surface area (Å²) in [5.41, 5.74) is 3.26. The highest BCUT2D eigenvalue weighted by Crippen LogP contribution is 2.34. The summed E-state index contributed by atoms with van der Waals surface area (Å²) in [5.74, 6) is 1.62. The third-order valence-electron chi connectivity index (χ3n) is 6.41. The molecule has 3 aromatic carbocycles. The Hall–Kier alpha value is -3.98. The smallest absolute Gasteiger partial charge is 0.262 e. The molecule has 1 aliphatic rings. The van der Waals surface area contributed by atoms with E-state index in [4.69, 9.17) is 13.9 Å². The minimum Gasteiger partial charge on any atom is -0.495 e. The first-order valence-electron chi connectivity index (χ1n) is 12.1. The fourth-order valence-electron chi connectivity index (χ4n) is 4.57. The van der Waals surface area contributed by atoms with Gasteiger partial charge in [0.15, 0.2) is 6.61 Å². The van der Waals surface area contributed by atoms with Crippen LogP contribution in [0.25, 0.3) is 11.0 Å². The van der Waals surface area contributed by atoms with E-state index >= 15 is 0 Å². The van der Waals surface area contributed by atoms with Crippen LogP contribution < -0.4 is 19.5 Å². The molecule has 4 aromatic rings. The molecule has 0 bridgehead atoms. The minimum atomic E-state index is -3.93. The second-order valence-electron chi connectivity index (χ2n) is 8.99. The maximum Gasteiger partial charge on any atom is 0.262 e. The number of hydrogen-bond donors (Lipinski definition) is 2. The molecule has 0 unspecified atom stereocenters. The summed E-state index contributed by atoms with van der Waals surface area (Å²) in [6, 6.07) is 17.0. The van der Waals surface area contributed by atoms with Crippen LogP contribution in [0.2, 0.25) is 0 Å². The van der Waals surface area contributed by atoms with E-state index in [1.165, 1.54) is 18.7 Å². The standard InChI is InChI=1S/C28H28N2O6S/c1-18-11-12-19(15-27(18)37(32,33)30-23-8-4-6-10-26(23)34-2)29-28(31)17-35-20-13-14-25-22(16-20)21-7-3-5-9-24(21)36-25/h4,6,8,10-16,30H,3,5,7,9,17H2,1-2H3,(H,29,31). The van der Waals surface area contributed by atoms with Crippen molar-refractivity contribution in [3.05, 3.63) is 77.6 Å². The number of nitrogens with one attached hydrogen (secondary N) is 2. The SMILES string of the molecule is COc1ccccc1NS(=O)(=O)c1cc(NC(=O)COc2ccc3oc4c(c3c2)CCCC4)ccc1C. The summed E-state index contributed by atoms with van der Waals surface area (Å²) in [6.45, 7) is 1.47. The molecule has 0 spiro atoms. The van der Waals surface area contributed by atoms with E-state index in [9.17, 15) is 13.2 Å². The van der Waals surface area contributed by atoms with Gasteiger partial charge in [-0.15, -0.1) is 0 Å². The molecule has 37 heavy (non-hydrogen) atoms. The Morgan fingerprint density at radius 3 is 2.68 bits per heavy atom. The topological polar surface area (TPSA) is 107 Å². The Morgan fingerprint density at radius 1 is 1.03 bits per heavy atom. The molecular formula is C28H28N2O6S. The Kier molecular flexibility index (Phi) is 6.80. The highest BCUT2D eigenvalue weighted by atomic mass is 32.2. The Morgan fingerprint density at radius 2 is 1.84 bits per heavy atom. The fourth-order valence-corrected chi connectivity index (χ4v) is 5.92. The van der Waals surface area contributed by atoms with Crippen molar-refractivity contribution in [1.29, 1.82) is 0 Å². The summed E-state index contributed by atoms with van der Waals surface area (Å²) < 4.78 is 45.7. The number of fused-ring (bicyclic) bond motifs is 3. The van der Waals surface area contributed by atoms with E-state index in [0.29, 0.717) is 28.4 Å². The number of sulfonamides is 1. The van der Waals surface area contributed by atoms with Crippen molar-refractivity contribution in [2.75, 3.05) is 23.8 Å². The average Bonchev–Trinajstić information content (AvgIpc) is 3.26. The number of carbonyl (C=O) groups is 1. The Labute approximate surface area is 215 Å². The molecular weight excluding hydrogens is 492 g/mol. The third-order valence-corrected chi connectivity index (χ3v) is 7.92. The first-order chi connectivity index (χ1) is 17.8. The summed E-state index contributed by atoms with van der Waals surface area (Å²) in [6.07, 6.45) is 4.20. The number of rotatable bonds is 8. The van der Waals surface area contributed by atoms with Gasteiger partial charge in [-0.3, -0.25) is 9.52 Å². The van der Waals surface area contributed by atoms with Gasteiger partial charge in [-0.1, -0.05) is 18.2 Å². The molecule has 192 valence electrons. The largest absolute Gasteiger partial charge is 0.495 e. The summed E-state index contributed by atoms with van der Waals surface area (Å²) in [7, 11) is -2.46. The van der Waals surface area contributed by atoms with Gasteiger partial charge in [-0.05, 0) is 74.2 Å². The van der Waals surface area contributed by atoms with Crippen LogP contribution in [0.5, 0.6) is 11.5 Å². The van der Waals surface area contributed by atoms with Crippen molar-refractivity contribution in [3.63, 3.8) is 0 Å². The molecule has 0 saturated heterocycles. The van der Waals surface area contributed by atoms with E-state index in [1.807, 2.05) is 12.1 Å². The molecule has 8 nitrogen and oxygen atoms in total. The number of benzene rings is 3. The van der Waals surface area contributed by atoms with E-state index in [-0.39, 0.29) is 11.5 Å². The van der Waals surface area contributed by atoms with Gasteiger partial charge < -0.3 is 19.2 Å². The second-order valence-corrected chi connectivity index (χ2v) is 10.6. The molecule has 0 saturated carbocycles. The van der Waals surface area contributed by atoms with Crippen molar-refractivity contribution in [3.8, 4) is 11.5 Å². The van der Waals surface area contributed by atoms with Gasteiger partial charge in [0, 0.05) is 23.1 Å². The van der Waals surface area contributed by atoms with Crippen molar-refractivity contribution in [1.82, 2.24) is 0 Å². The average molecular weight is 521 g/mol. The van der Waals surface area contributed by atoms with Gasteiger partial charge in [0.2, 0.25) is 0 Å². The van der Waals surface area contributed by atoms with E-state index in [2.05, 4.69) is 10.0 Å². The molecule has 1 heterocycles. The highest BCUT2D eigenvalue weighted by Gasteiger charge is 2.21. The van der Waals surface area contributed by atoms with Gasteiger partial charge in [0.25, 0.3) is 15.9 Å². The zero-order valence-electron chi connectivity index (χ0n) is 20.7. The van der Waals surface area contributed by atoms with Gasteiger partial charge in [-0.25, -0.2) is 8.42 Å². The number of amides is 1. The van der Waals surface area contributed by atoms with Crippen LogP contribution in [0, 0.1) is 6.92 Å². The molecule has 0 radical (unpaired) electrons. The third kappa shape index (κ3) is 5.27. The molecule has 5 rings (SSSR count). The van der Waals surface area contributed by atoms with E-state index < -0.39 is 15.9 Å². The normalized spacial score (nSPS) is 13.1. The predicted octanol–water partition coefficient (Wildman–Crippen LogP) is 5.45. The predicted molar refractivity (Wildman–Crippen MR) is 142 cm³/mol. The van der Waals surface area contributed by atoms with Crippen molar-refractivity contribution in [2.45, 2.75) is 37.5 Å². The fraction of sp³-hybridized carbons (Fsp3) is 0.250. The first kappa shape index (κ1) is 24.7. The van der Waals surface area contributed by atoms with Crippen LogP contribution in [0.1, 0.15) is 29.7 Å². The summed E-state index contributed by atoms with van der Waals surface area (Å²) in [5, 5.41) is 3.75. The maximum absolute atomic E-state index is 13.1. The van der Waals surface area contributed by atoms with Gasteiger partial charge in [-0.2, -0.15) is 0 Å². The minimum absolute atomic E-state index is 0.0484. The van der Waals surface area contributed by atoms with Crippen LogP contribution in [-0.2, 0) is 27.7 Å². The van der Waals surface area contributed by atoms with Gasteiger partial charge >= 0.3 is 0 Å². The van der Waals surface area contributed by atoms with Crippen molar-refractivity contribution >= 4 is 38.3 Å². The molecule has 9 heteroatoms. The quantitative estimate of drug-likeness (QED) is 0.320. The van der Waals surface area contributed by atoms with Crippen LogP contribution in [0.4, 0.5) is 11.4 Å². The lowest BCUT2D eigenvalue weighted by atomic mass is 9.96. The van der Waals surface area contributed by atoms with Gasteiger partial charge in [0.05, 0.1) is 17.7 Å². The Bertz CT molecular complexity index is 1580. The zero-order valence-corrected chi connectivity index (χ0v) is 21.5. The molecule has 2 N–H and O–H groups in total. The van der Waals surface area contributed by atoms with Crippen LogP contribution in [0.3, 0.4) is 0 Å². The highest BCUT2D eigenvalue weighted by molar-refractivity contribution is 7.92. The van der Waals surface area contributed by atoms with Crippen LogP contribution in [0.15, 0.2) is 70.0 Å². The van der Waals surface area contributed by atoms with Crippen molar-refractivity contribution in [2.24, 2.45) is 0 Å². The molecule has 0 fully saturated rings. The number of methoxy groups -OCH3 is 1.